The molecular formula is C13H26N2. The molecule has 0 aromatic heterocycles. The summed E-state index contributed by atoms with van der Waals surface area (Å²) in [4.78, 5) is 2.57. The first-order valence-corrected chi connectivity index (χ1v) is 5.89. The molecule has 1 aliphatic rings. The number of nitrogens with zero attached hydrogens (tertiary/aromatic N) is 1. The summed E-state index contributed by atoms with van der Waals surface area (Å²) in [5, 5.41) is 3.43. The first kappa shape index (κ1) is 12.7. The predicted molar refractivity (Wildman–Crippen MR) is 67.1 cm³/mol. The third-order valence-electron chi connectivity index (χ3n) is 3.67. The van der Waals surface area contributed by atoms with Crippen LogP contribution in [0.3, 0.4) is 0 Å². The van der Waals surface area contributed by atoms with Crippen molar-refractivity contribution in [1.82, 2.24) is 10.2 Å². The van der Waals surface area contributed by atoms with E-state index in [-0.39, 0.29) is 11.1 Å². The predicted octanol–water partition coefficient (Wildman–Crippen LogP) is 2.41. The SMILES string of the molecule is C=CCN1C(C)(C)CC(NC)CC1(C)C. The fraction of sp³-hybridized carbons (Fsp3) is 0.846. The minimum Gasteiger partial charge on any atom is -0.317 e. The van der Waals surface area contributed by atoms with Crippen molar-refractivity contribution in [3.63, 3.8) is 0 Å². The zero-order valence-electron chi connectivity index (χ0n) is 10.9. The lowest BCUT2D eigenvalue weighted by Gasteiger charge is -2.55. The maximum absolute atomic E-state index is 3.87. The van der Waals surface area contributed by atoms with Gasteiger partial charge in [-0.05, 0) is 47.6 Å². The minimum atomic E-state index is 0.254. The smallest absolute Gasteiger partial charge is 0.0176 e. The first-order chi connectivity index (χ1) is 6.83. The van der Waals surface area contributed by atoms with Crippen molar-refractivity contribution >= 4 is 0 Å². The van der Waals surface area contributed by atoms with Crippen LogP contribution in [0.5, 0.6) is 0 Å². The molecule has 0 radical (unpaired) electrons. The van der Waals surface area contributed by atoms with Gasteiger partial charge in [-0.3, -0.25) is 4.90 Å². The average Bonchev–Trinajstić information content (AvgIpc) is 2.10. The number of nitrogens with one attached hydrogen (secondary N) is 1. The van der Waals surface area contributed by atoms with Crippen LogP contribution in [0.25, 0.3) is 0 Å². The van der Waals surface area contributed by atoms with Crippen LogP contribution < -0.4 is 5.32 Å². The van der Waals surface area contributed by atoms with Gasteiger partial charge in [-0.2, -0.15) is 0 Å². The summed E-state index contributed by atoms with van der Waals surface area (Å²) >= 11 is 0. The summed E-state index contributed by atoms with van der Waals surface area (Å²) in [6.45, 7) is 14.2. The van der Waals surface area contributed by atoms with Crippen LogP contribution in [-0.4, -0.2) is 35.6 Å². The molecule has 0 saturated carbocycles. The Morgan fingerprint density at radius 1 is 1.27 bits per heavy atom. The molecule has 0 aromatic rings. The molecule has 2 nitrogen and oxygen atoms in total. The molecule has 1 fully saturated rings. The number of likely N-dealkylation sites (tertiary alicyclic amines) is 1. The zero-order chi connectivity index (χ0) is 11.7. The second kappa shape index (κ2) is 4.26. The summed E-state index contributed by atoms with van der Waals surface area (Å²) in [5.41, 5.74) is 0.507. The van der Waals surface area contributed by atoms with Gasteiger partial charge in [-0.15, -0.1) is 6.58 Å². The highest BCUT2D eigenvalue weighted by molar-refractivity contribution is 5.03. The summed E-state index contributed by atoms with van der Waals surface area (Å²) in [6, 6.07) is 0.635. The number of piperidine rings is 1. The number of hydrogen-bond donors (Lipinski definition) is 1. The molecule has 1 rings (SSSR count). The molecule has 1 saturated heterocycles. The topological polar surface area (TPSA) is 15.3 Å². The van der Waals surface area contributed by atoms with E-state index >= 15 is 0 Å². The van der Waals surface area contributed by atoms with Crippen LogP contribution in [0.4, 0.5) is 0 Å². The Bertz CT molecular complexity index is 213. The quantitative estimate of drug-likeness (QED) is 0.720. The second-order valence-electron chi connectivity index (χ2n) is 5.92. The second-order valence-corrected chi connectivity index (χ2v) is 5.92. The molecule has 2 heteroatoms. The Kier molecular flexibility index (Phi) is 3.62. The van der Waals surface area contributed by atoms with Crippen LogP contribution >= 0.6 is 0 Å². The lowest BCUT2D eigenvalue weighted by atomic mass is 9.77. The van der Waals surface area contributed by atoms with Crippen molar-refractivity contribution in [3.05, 3.63) is 12.7 Å². The Balaban J connectivity index is 2.89. The van der Waals surface area contributed by atoms with Crippen molar-refractivity contribution in [1.29, 1.82) is 0 Å². The molecule has 0 bridgehead atoms. The van der Waals surface area contributed by atoms with Crippen LogP contribution in [0.15, 0.2) is 12.7 Å². The Hall–Kier alpha value is -0.340. The molecule has 0 unspecified atom stereocenters. The van der Waals surface area contributed by atoms with E-state index in [1.54, 1.807) is 0 Å². The van der Waals surface area contributed by atoms with E-state index in [2.05, 4.69) is 51.5 Å². The molecule has 0 atom stereocenters. The van der Waals surface area contributed by atoms with Crippen LogP contribution in [-0.2, 0) is 0 Å². The van der Waals surface area contributed by atoms with Crippen molar-refractivity contribution in [2.45, 2.75) is 57.7 Å². The molecule has 0 amide bonds. The molecule has 15 heavy (non-hydrogen) atoms. The number of rotatable bonds is 3. The normalized spacial score (nSPS) is 26.5. The molecule has 88 valence electrons. The molecule has 0 aliphatic carbocycles. The van der Waals surface area contributed by atoms with E-state index in [1.807, 2.05) is 6.08 Å². The van der Waals surface area contributed by atoms with Gasteiger partial charge in [0.2, 0.25) is 0 Å². The summed E-state index contributed by atoms with van der Waals surface area (Å²) < 4.78 is 0. The maximum Gasteiger partial charge on any atom is 0.0176 e. The zero-order valence-corrected chi connectivity index (χ0v) is 10.9. The monoisotopic (exact) mass is 210 g/mol. The van der Waals surface area contributed by atoms with Gasteiger partial charge in [0.15, 0.2) is 0 Å². The lowest BCUT2D eigenvalue weighted by molar-refractivity contribution is -0.0298. The highest BCUT2D eigenvalue weighted by Crippen LogP contribution is 2.37. The van der Waals surface area contributed by atoms with E-state index in [0.29, 0.717) is 6.04 Å². The molecule has 0 aromatic carbocycles. The van der Waals surface area contributed by atoms with Crippen molar-refractivity contribution in [2.24, 2.45) is 0 Å². The fourth-order valence-corrected chi connectivity index (χ4v) is 3.15. The van der Waals surface area contributed by atoms with E-state index in [4.69, 9.17) is 0 Å². The highest BCUT2D eigenvalue weighted by Gasteiger charge is 2.43. The summed E-state index contributed by atoms with van der Waals surface area (Å²) in [7, 11) is 2.07. The van der Waals surface area contributed by atoms with E-state index < -0.39 is 0 Å². The number of hydrogen-bond acceptors (Lipinski definition) is 2. The van der Waals surface area contributed by atoms with Crippen LogP contribution in [0.1, 0.15) is 40.5 Å². The van der Waals surface area contributed by atoms with Crippen molar-refractivity contribution in [2.75, 3.05) is 13.6 Å². The van der Waals surface area contributed by atoms with Gasteiger partial charge in [0.1, 0.15) is 0 Å². The third-order valence-corrected chi connectivity index (χ3v) is 3.67. The van der Waals surface area contributed by atoms with Gasteiger partial charge in [0.05, 0.1) is 0 Å². The summed E-state index contributed by atoms with van der Waals surface area (Å²) in [5.74, 6) is 0. The Morgan fingerprint density at radius 3 is 2.07 bits per heavy atom. The van der Waals surface area contributed by atoms with Gasteiger partial charge < -0.3 is 5.32 Å². The van der Waals surface area contributed by atoms with Crippen molar-refractivity contribution < 1.29 is 0 Å². The van der Waals surface area contributed by atoms with E-state index in [1.165, 1.54) is 12.8 Å². The van der Waals surface area contributed by atoms with E-state index in [0.717, 1.165) is 6.54 Å². The molecule has 1 heterocycles. The van der Waals surface area contributed by atoms with E-state index in [9.17, 15) is 0 Å². The Morgan fingerprint density at radius 2 is 1.73 bits per heavy atom. The largest absolute Gasteiger partial charge is 0.317 e. The lowest BCUT2D eigenvalue weighted by Crippen LogP contribution is -2.63. The minimum absolute atomic E-state index is 0.254. The maximum atomic E-state index is 3.87. The van der Waals surface area contributed by atoms with Gasteiger partial charge in [-0.1, -0.05) is 6.08 Å². The molecular weight excluding hydrogens is 184 g/mol. The average molecular weight is 210 g/mol. The molecule has 1 N–H and O–H groups in total. The first-order valence-electron chi connectivity index (χ1n) is 5.89. The van der Waals surface area contributed by atoms with Gasteiger partial charge in [0.25, 0.3) is 0 Å². The van der Waals surface area contributed by atoms with Crippen LogP contribution in [0, 0.1) is 0 Å². The fourth-order valence-electron chi connectivity index (χ4n) is 3.15. The summed E-state index contributed by atoms with van der Waals surface area (Å²) in [6.07, 6.45) is 4.44. The van der Waals surface area contributed by atoms with Crippen molar-refractivity contribution in [3.8, 4) is 0 Å². The molecule has 1 aliphatic heterocycles. The van der Waals surface area contributed by atoms with Gasteiger partial charge in [-0.25, -0.2) is 0 Å². The molecule has 0 spiro atoms. The highest BCUT2D eigenvalue weighted by atomic mass is 15.3. The third kappa shape index (κ3) is 2.61. The standard InChI is InChI=1S/C13H26N2/c1-7-8-15-12(2,3)9-11(14-6)10-13(15,4)5/h7,11,14H,1,8-10H2,2-6H3. The van der Waals surface area contributed by atoms with Gasteiger partial charge >= 0.3 is 0 Å². The van der Waals surface area contributed by atoms with Gasteiger partial charge in [0, 0.05) is 23.7 Å². The van der Waals surface area contributed by atoms with Crippen LogP contribution in [0.2, 0.25) is 0 Å². The Labute approximate surface area is 94.7 Å².